The molecule has 1 saturated heterocycles. The molecule has 0 radical (unpaired) electrons. The van der Waals surface area contributed by atoms with Crippen molar-refractivity contribution in [1.82, 2.24) is 30.7 Å². The van der Waals surface area contributed by atoms with Crippen LogP contribution >= 0.6 is 0 Å². The molecule has 5 rings (SSSR count). The molecule has 0 saturated carbocycles. The Morgan fingerprint density at radius 3 is 2.77 bits per heavy atom. The van der Waals surface area contributed by atoms with Crippen LogP contribution in [0.5, 0.6) is 5.75 Å². The molecule has 2 aromatic heterocycles. The van der Waals surface area contributed by atoms with Crippen LogP contribution in [-0.4, -0.2) is 57.3 Å². The molecule has 1 fully saturated rings. The van der Waals surface area contributed by atoms with Gasteiger partial charge in [-0.1, -0.05) is 13.0 Å². The van der Waals surface area contributed by atoms with E-state index in [1.165, 1.54) is 0 Å². The third kappa shape index (κ3) is 3.79. The number of likely N-dealkylation sites (N-methyl/N-ethyl adjacent to an activating group) is 1. The fourth-order valence-electron chi connectivity index (χ4n) is 3.68. The van der Waals surface area contributed by atoms with Crippen molar-refractivity contribution < 1.29 is 9.47 Å². The van der Waals surface area contributed by atoms with Gasteiger partial charge in [0.15, 0.2) is 5.82 Å². The van der Waals surface area contributed by atoms with E-state index >= 15 is 0 Å². The number of nitrogens with one attached hydrogen (secondary N) is 3. The van der Waals surface area contributed by atoms with Crippen molar-refractivity contribution in [2.24, 2.45) is 0 Å². The number of aromatic nitrogens is 5. The molecule has 1 aliphatic rings. The summed E-state index contributed by atoms with van der Waals surface area (Å²) in [6, 6.07) is 14.1. The number of hydrogen-bond acceptors (Lipinski definition) is 6. The van der Waals surface area contributed by atoms with E-state index in [1.807, 2.05) is 36.5 Å². The molecular formula is C22H24N6O2. The van der Waals surface area contributed by atoms with Crippen molar-refractivity contribution in [2.75, 3.05) is 26.4 Å². The number of ether oxygens (including phenoxy) is 2. The lowest BCUT2D eigenvalue weighted by Crippen LogP contribution is -2.63. The molecular weight excluding hydrogens is 380 g/mol. The zero-order chi connectivity index (χ0) is 20.4. The van der Waals surface area contributed by atoms with Gasteiger partial charge < -0.3 is 14.8 Å². The summed E-state index contributed by atoms with van der Waals surface area (Å²) >= 11 is 0. The van der Waals surface area contributed by atoms with E-state index in [1.54, 1.807) is 0 Å². The average molecular weight is 404 g/mol. The molecule has 8 nitrogen and oxygen atoms in total. The van der Waals surface area contributed by atoms with E-state index in [4.69, 9.17) is 9.47 Å². The first kappa shape index (κ1) is 18.8. The van der Waals surface area contributed by atoms with Crippen LogP contribution in [0.3, 0.4) is 0 Å². The van der Waals surface area contributed by atoms with Crippen LogP contribution in [0.2, 0.25) is 0 Å². The maximum atomic E-state index is 5.97. The van der Waals surface area contributed by atoms with E-state index in [-0.39, 0.29) is 5.54 Å². The molecule has 3 N–H and O–H groups in total. The summed E-state index contributed by atoms with van der Waals surface area (Å²) in [5.41, 5.74) is 3.07. The van der Waals surface area contributed by atoms with Gasteiger partial charge in [-0.25, -0.2) is 4.98 Å². The Hall–Kier alpha value is -3.23. The molecule has 2 aromatic carbocycles. The van der Waals surface area contributed by atoms with Crippen LogP contribution in [0.25, 0.3) is 22.3 Å². The average Bonchev–Trinajstić information content (AvgIpc) is 3.39. The molecule has 0 unspecified atom stereocenters. The van der Waals surface area contributed by atoms with Gasteiger partial charge in [-0.15, -0.1) is 0 Å². The number of fused-ring (bicyclic) bond motifs is 1. The first-order valence-corrected chi connectivity index (χ1v) is 10.1. The van der Waals surface area contributed by atoms with Gasteiger partial charge in [0.25, 0.3) is 0 Å². The predicted molar refractivity (Wildman–Crippen MR) is 113 cm³/mol. The molecule has 4 aromatic rings. The Bertz CT molecular complexity index is 1130. The Morgan fingerprint density at radius 2 is 2.00 bits per heavy atom. The Kier molecular flexibility index (Phi) is 4.94. The predicted octanol–water partition coefficient (Wildman–Crippen LogP) is 2.70. The van der Waals surface area contributed by atoms with Gasteiger partial charge in [0.1, 0.15) is 18.2 Å². The molecule has 30 heavy (non-hydrogen) atoms. The van der Waals surface area contributed by atoms with Gasteiger partial charge in [0, 0.05) is 17.4 Å². The van der Waals surface area contributed by atoms with Gasteiger partial charge in [0.2, 0.25) is 0 Å². The summed E-state index contributed by atoms with van der Waals surface area (Å²) in [7, 11) is 0. The lowest BCUT2D eigenvalue weighted by molar-refractivity contribution is -0.0918. The third-order valence-electron chi connectivity index (χ3n) is 5.34. The summed E-state index contributed by atoms with van der Waals surface area (Å²) in [5.74, 6) is 2.33. The van der Waals surface area contributed by atoms with Crippen LogP contribution in [0, 0.1) is 0 Å². The highest BCUT2D eigenvalue weighted by atomic mass is 16.5. The molecule has 1 aliphatic heterocycles. The fraction of sp³-hybridized carbons (Fsp3) is 0.318. The summed E-state index contributed by atoms with van der Waals surface area (Å²) in [5, 5.41) is 19.0. The van der Waals surface area contributed by atoms with Crippen molar-refractivity contribution in [3.05, 3.63) is 60.0 Å². The summed E-state index contributed by atoms with van der Waals surface area (Å²) in [6.45, 7) is 4.95. The monoisotopic (exact) mass is 404 g/mol. The minimum Gasteiger partial charge on any atom is -0.491 e. The maximum Gasteiger partial charge on any atom is 0.181 e. The smallest absolute Gasteiger partial charge is 0.181 e. The Labute approximate surface area is 174 Å². The van der Waals surface area contributed by atoms with Crippen molar-refractivity contribution in [1.29, 1.82) is 0 Å². The van der Waals surface area contributed by atoms with Gasteiger partial charge >= 0.3 is 0 Å². The van der Waals surface area contributed by atoms with Crippen LogP contribution in [0.1, 0.15) is 18.3 Å². The molecule has 0 atom stereocenters. The largest absolute Gasteiger partial charge is 0.491 e. The second kappa shape index (κ2) is 7.89. The quantitative estimate of drug-likeness (QED) is 0.417. The van der Waals surface area contributed by atoms with Gasteiger partial charge in [-0.3, -0.25) is 10.2 Å². The van der Waals surface area contributed by atoms with Crippen LogP contribution in [-0.2, 0) is 11.2 Å². The van der Waals surface area contributed by atoms with Crippen LogP contribution in [0.4, 0.5) is 0 Å². The molecule has 0 bridgehead atoms. The number of benzene rings is 2. The van der Waals surface area contributed by atoms with Crippen molar-refractivity contribution >= 4 is 10.9 Å². The molecule has 154 valence electrons. The van der Waals surface area contributed by atoms with Crippen molar-refractivity contribution in [3.8, 4) is 17.1 Å². The number of H-pyrrole nitrogens is 2. The zero-order valence-corrected chi connectivity index (χ0v) is 16.8. The summed E-state index contributed by atoms with van der Waals surface area (Å²) < 4.78 is 11.3. The standard InChI is InChI=1S/C22H24N6O2/c1-2-23-22(12-29-13-22)14-30-18-6-4-16(5-7-18)21-25-20(27-28-21)10-15-3-8-19-17(9-15)11-24-26-19/h3-9,11,23H,2,10,12-14H2,1H3,(H,24,26)(H,25,27,28). The zero-order valence-electron chi connectivity index (χ0n) is 16.8. The second-order valence-electron chi connectivity index (χ2n) is 7.69. The van der Waals surface area contributed by atoms with Gasteiger partial charge in [-0.05, 0) is 48.5 Å². The second-order valence-corrected chi connectivity index (χ2v) is 7.69. The summed E-state index contributed by atoms with van der Waals surface area (Å²) in [4.78, 5) is 4.65. The van der Waals surface area contributed by atoms with Crippen LogP contribution < -0.4 is 10.1 Å². The number of aromatic amines is 2. The van der Waals surface area contributed by atoms with E-state index in [0.29, 0.717) is 32.1 Å². The highest BCUT2D eigenvalue weighted by molar-refractivity contribution is 5.78. The third-order valence-corrected chi connectivity index (χ3v) is 5.34. The van der Waals surface area contributed by atoms with E-state index in [2.05, 4.69) is 49.8 Å². The fourth-order valence-corrected chi connectivity index (χ4v) is 3.68. The van der Waals surface area contributed by atoms with Gasteiger partial charge in [-0.2, -0.15) is 10.2 Å². The molecule has 0 amide bonds. The first-order valence-electron chi connectivity index (χ1n) is 10.1. The SMILES string of the molecule is CCNC1(COc2ccc(-c3n[nH]c(Cc4ccc5[nH]ncc5c4)n3)cc2)COC1. The maximum absolute atomic E-state index is 5.97. The topological polar surface area (TPSA) is 101 Å². The highest BCUT2D eigenvalue weighted by Crippen LogP contribution is 2.23. The lowest BCUT2D eigenvalue weighted by atomic mass is 9.99. The Balaban J connectivity index is 1.23. The number of rotatable bonds is 8. The number of hydrogen-bond donors (Lipinski definition) is 3. The van der Waals surface area contributed by atoms with Crippen molar-refractivity contribution in [3.63, 3.8) is 0 Å². The normalized spacial score (nSPS) is 15.2. The van der Waals surface area contributed by atoms with Crippen LogP contribution in [0.15, 0.2) is 48.7 Å². The highest BCUT2D eigenvalue weighted by Gasteiger charge is 2.38. The minimum absolute atomic E-state index is 0.0639. The van der Waals surface area contributed by atoms with E-state index in [0.717, 1.165) is 40.1 Å². The molecule has 8 heteroatoms. The van der Waals surface area contributed by atoms with E-state index in [9.17, 15) is 0 Å². The number of nitrogens with zero attached hydrogens (tertiary/aromatic N) is 3. The Morgan fingerprint density at radius 1 is 1.13 bits per heavy atom. The van der Waals surface area contributed by atoms with E-state index < -0.39 is 0 Å². The summed E-state index contributed by atoms with van der Waals surface area (Å²) in [6.07, 6.45) is 2.51. The van der Waals surface area contributed by atoms with Crippen molar-refractivity contribution in [2.45, 2.75) is 18.9 Å². The van der Waals surface area contributed by atoms with Gasteiger partial charge in [0.05, 0.1) is 30.5 Å². The molecule has 0 spiro atoms. The first-order chi connectivity index (χ1) is 14.7. The molecule has 3 heterocycles. The molecule has 0 aliphatic carbocycles. The lowest BCUT2D eigenvalue weighted by Gasteiger charge is -2.41. The minimum atomic E-state index is -0.0639.